The number of rotatable bonds is 5. The maximum absolute atomic E-state index is 5.61. The lowest BCUT2D eigenvalue weighted by Crippen LogP contribution is -1.98. The summed E-state index contributed by atoms with van der Waals surface area (Å²) in [7, 11) is 0. The Morgan fingerprint density at radius 3 is 2.79 bits per heavy atom. The van der Waals surface area contributed by atoms with Crippen LogP contribution >= 0.6 is 28.6 Å². The molecule has 0 saturated carbocycles. The van der Waals surface area contributed by atoms with Crippen LogP contribution in [0.2, 0.25) is 0 Å². The lowest BCUT2D eigenvalue weighted by molar-refractivity contribution is 0.308. The quantitative estimate of drug-likeness (QED) is 0.634. The van der Waals surface area contributed by atoms with E-state index in [0.717, 1.165) is 35.4 Å². The Hall–Kier alpha value is -0.150. The van der Waals surface area contributed by atoms with Crippen LogP contribution in [-0.2, 0) is 0 Å². The average Bonchev–Trinajstić information content (AvgIpc) is 2.15. The first-order valence-corrected chi connectivity index (χ1v) is 6.16. The van der Waals surface area contributed by atoms with Gasteiger partial charge in [0.2, 0.25) is 0 Å². The largest absolute Gasteiger partial charge is 0.492 e. The second-order valence-corrected chi connectivity index (χ2v) is 4.51. The van der Waals surface area contributed by atoms with Gasteiger partial charge in [-0.15, -0.1) is 0 Å². The van der Waals surface area contributed by atoms with Crippen molar-refractivity contribution in [2.24, 2.45) is 0 Å². The SMILES string of the molecule is Cc1ccc(OCCCCS)c(Br)c1. The van der Waals surface area contributed by atoms with Crippen molar-refractivity contribution < 1.29 is 4.74 Å². The van der Waals surface area contributed by atoms with E-state index in [4.69, 9.17) is 4.74 Å². The van der Waals surface area contributed by atoms with Crippen molar-refractivity contribution in [1.29, 1.82) is 0 Å². The summed E-state index contributed by atoms with van der Waals surface area (Å²) in [5, 5.41) is 0. The molecule has 0 saturated heterocycles. The number of halogens is 1. The molecule has 0 bridgehead atoms. The summed E-state index contributed by atoms with van der Waals surface area (Å²) >= 11 is 7.63. The molecule has 0 spiro atoms. The van der Waals surface area contributed by atoms with Gasteiger partial charge in [-0.2, -0.15) is 12.6 Å². The monoisotopic (exact) mass is 274 g/mol. The molecular formula is C11H15BrOS. The van der Waals surface area contributed by atoms with E-state index in [2.05, 4.69) is 47.6 Å². The minimum atomic E-state index is 0.766. The van der Waals surface area contributed by atoms with Crippen molar-refractivity contribution in [1.82, 2.24) is 0 Å². The highest BCUT2D eigenvalue weighted by Gasteiger charge is 1.99. The molecule has 0 aliphatic rings. The van der Waals surface area contributed by atoms with Crippen molar-refractivity contribution in [3.63, 3.8) is 0 Å². The van der Waals surface area contributed by atoms with E-state index < -0.39 is 0 Å². The van der Waals surface area contributed by atoms with E-state index in [1.807, 2.05) is 6.07 Å². The summed E-state index contributed by atoms with van der Waals surface area (Å²) in [5.74, 6) is 1.85. The molecule has 0 unspecified atom stereocenters. The Balaban J connectivity index is 2.42. The summed E-state index contributed by atoms with van der Waals surface area (Å²) < 4.78 is 6.64. The Bertz CT molecular complexity index is 289. The number of thiol groups is 1. The topological polar surface area (TPSA) is 9.23 Å². The Morgan fingerprint density at radius 2 is 2.14 bits per heavy atom. The van der Waals surface area contributed by atoms with Crippen LogP contribution in [0, 0.1) is 6.92 Å². The van der Waals surface area contributed by atoms with Crippen LogP contribution in [0.1, 0.15) is 18.4 Å². The molecule has 1 aromatic carbocycles. The van der Waals surface area contributed by atoms with Gasteiger partial charge in [-0.3, -0.25) is 0 Å². The maximum Gasteiger partial charge on any atom is 0.133 e. The predicted octanol–water partition coefficient (Wildman–Crippen LogP) is 3.85. The fourth-order valence-electron chi connectivity index (χ4n) is 1.12. The highest BCUT2D eigenvalue weighted by atomic mass is 79.9. The Labute approximate surface area is 99.4 Å². The highest BCUT2D eigenvalue weighted by Crippen LogP contribution is 2.25. The van der Waals surface area contributed by atoms with Gasteiger partial charge in [0.25, 0.3) is 0 Å². The second-order valence-electron chi connectivity index (χ2n) is 3.21. The summed E-state index contributed by atoms with van der Waals surface area (Å²) in [4.78, 5) is 0. The van der Waals surface area contributed by atoms with Gasteiger partial charge in [0, 0.05) is 0 Å². The molecule has 0 radical (unpaired) electrons. The number of benzene rings is 1. The molecular weight excluding hydrogens is 260 g/mol. The molecule has 1 rings (SSSR count). The number of hydrogen-bond donors (Lipinski definition) is 1. The van der Waals surface area contributed by atoms with Crippen molar-refractivity contribution in [2.75, 3.05) is 12.4 Å². The van der Waals surface area contributed by atoms with Crippen LogP contribution in [0.4, 0.5) is 0 Å². The van der Waals surface area contributed by atoms with Gasteiger partial charge in [-0.25, -0.2) is 0 Å². The first kappa shape index (κ1) is 11.9. The van der Waals surface area contributed by atoms with Crippen LogP contribution in [-0.4, -0.2) is 12.4 Å². The molecule has 0 heterocycles. The maximum atomic E-state index is 5.61. The van der Waals surface area contributed by atoms with Crippen molar-refractivity contribution in [3.05, 3.63) is 28.2 Å². The van der Waals surface area contributed by atoms with Gasteiger partial charge in [-0.05, 0) is 59.1 Å². The molecule has 1 aromatic rings. The van der Waals surface area contributed by atoms with Crippen molar-refractivity contribution in [2.45, 2.75) is 19.8 Å². The molecule has 0 atom stereocenters. The molecule has 0 fully saturated rings. The molecule has 0 aliphatic carbocycles. The summed E-state index contributed by atoms with van der Waals surface area (Å²) in [6.07, 6.45) is 2.16. The first-order chi connectivity index (χ1) is 6.74. The highest BCUT2D eigenvalue weighted by molar-refractivity contribution is 9.10. The third-order valence-corrected chi connectivity index (χ3v) is 2.83. The third-order valence-electron chi connectivity index (χ3n) is 1.90. The summed E-state index contributed by atoms with van der Waals surface area (Å²) in [5.41, 5.74) is 1.24. The fourth-order valence-corrected chi connectivity index (χ4v) is 1.95. The zero-order valence-corrected chi connectivity index (χ0v) is 10.8. The molecule has 3 heteroatoms. The van der Waals surface area contributed by atoms with Crippen molar-refractivity contribution in [3.8, 4) is 5.75 Å². The lowest BCUT2D eigenvalue weighted by Gasteiger charge is -2.07. The van der Waals surface area contributed by atoms with Gasteiger partial charge in [0.1, 0.15) is 5.75 Å². The van der Waals surface area contributed by atoms with E-state index >= 15 is 0 Å². The Kier molecular flexibility index (Phi) is 5.41. The van der Waals surface area contributed by atoms with E-state index in [9.17, 15) is 0 Å². The lowest BCUT2D eigenvalue weighted by atomic mass is 10.2. The van der Waals surface area contributed by atoms with Gasteiger partial charge in [-0.1, -0.05) is 6.07 Å². The molecule has 0 aromatic heterocycles. The number of aryl methyl sites for hydroxylation is 1. The number of hydrogen-bond acceptors (Lipinski definition) is 2. The zero-order chi connectivity index (χ0) is 10.4. The smallest absolute Gasteiger partial charge is 0.133 e. The van der Waals surface area contributed by atoms with Crippen molar-refractivity contribution >= 4 is 28.6 Å². The fraction of sp³-hybridized carbons (Fsp3) is 0.455. The van der Waals surface area contributed by atoms with Crippen LogP contribution in [0.15, 0.2) is 22.7 Å². The number of unbranched alkanes of at least 4 members (excludes halogenated alkanes) is 1. The van der Waals surface area contributed by atoms with Crippen LogP contribution in [0.25, 0.3) is 0 Å². The molecule has 14 heavy (non-hydrogen) atoms. The van der Waals surface area contributed by atoms with E-state index in [-0.39, 0.29) is 0 Å². The zero-order valence-electron chi connectivity index (χ0n) is 8.29. The first-order valence-electron chi connectivity index (χ1n) is 4.74. The minimum absolute atomic E-state index is 0.766. The van der Waals surface area contributed by atoms with Crippen LogP contribution in [0.3, 0.4) is 0 Å². The van der Waals surface area contributed by atoms with E-state index in [1.54, 1.807) is 0 Å². The predicted molar refractivity (Wildman–Crippen MR) is 67.5 cm³/mol. The van der Waals surface area contributed by atoms with E-state index in [1.165, 1.54) is 5.56 Å². The summed E-state index contributed by atoms with van der Waals surface area (Å²) in [6, 6.07) is 6.12. The molecule has 0 N–H and O–H groups in total. The van der Waals surface area contributed by atoms with Crippen LogP contribution < -0.4 is 4.74 Å². The molecule has 78 valence electrons. The number of ether oxygens (including phenoxy) is 1. The molecule has 0 amide bonds. The minimum Gasteiger partial charge on any atom is -0.492 e. The van der Waals surface area contributed by atoms with Gasteiger partial charge in [0.05, 0.1) is 11.1 Å². The molecule has 0 aliphatic heterocycles. The second kappa shape index (κ2) is 6.36. The summed E-state index contributed by atoms with van der Waals surface area (Å²) in [6.45, 7) is 2.83. The van der Waals surface area contributed by atoms with Gasteiger partial charge >= 0.3 is 0 Å². The van der Waals surface area contributed by atoms with E-state index in [0.29, 0.717) is 0 Å². The molecule has 1 nitrogen and oxygen atoms in total. The third kappa shape index (κ3) is 3.93. The normalized spacial score (nSPS) is 10.2. The average molecular weight is 275 g/mol. The standard InChI is InChI=1S/C11H15BrOS/c1-9-4-5-11(10(12)8-9)13-6-2-3-7-14/h4-5,8,14H,2-3,6-7H2,1H3. The Morgan fingerprint density at radius 1 is 1.36 bits per heavy atom. The van der Waals surface area contributed by atoms with Crippen LogP contribution in [0.5, 0.6) is 5.75 Å². The van der Waals surface area contributed by atoms with Gasteiger partial charge < -0.3 is 4.74 Å². The van der Waals surface area contributed by atoms with Gasteiger partial charge in [0.15, 0.2) is 0 Å².